The van der Waals surface area contributed by atoms with E-state index in [0.29, 0.717) is 6.04 Å². The molecule has 0 spiro atoms. The molecule has 0 bridgehead atoms. The quantitative estimate of drug-likeness (QED) is 0.200. The topological polar surface area (TPSA) is 102 Å². The van der Waals surface area contributed by atoms with Crippen molar-refractivity contribution >= 4 is 17.6 Å². The maximum absolute atomic E-state index is 8.76. The van der Waals surface area contributed by atoms with Gasteiger partial charge in [0.25, 0.3) is 0 Å². The van der Waals surface area contributed by atoms with Crippen LogP contribution in [0.3, 0.4) is 0 Å². The van der Waals surface area contributed by atoms with Gasteiger partial charge >= 0.3 is 0 Å². The molecule has 1 aromatic heterocycles. The molecule has 1 aliphatic carbocycles. The highest BCUT2D eigenvalue weighted by Crippen LogP contribution is 2.32. The fourth-order valence-corrected chi connectivity index (χ4v) is 3.48. The van der Waals surface area contributed by atoms with E-state index in [4.69, 9.17) is 10.9 Å². The van der Waals surface area contributed by atoms with Crippen LogP contribution in [0.25, 0.3) is 0 Å². The summed E-state index contributed by atoms with van der Waals surface area (Å²) in [4.78, 5) is 0. The van der Waals surface area contributed by atoms with Crippen LogP contribution in [-0.4, -0.2) is 37.0 Å². The first-order valence-electron chi connectivity index (χ1n) is 7.43. The number of thioether (sulfide) groups is 1. The summed E-state index contributed by atoms with van der Waals surface area (Å²) in [5.74, 6) is 1.21. The van der Waals surface area contributed by atoms with Gasteiger partial charge in [-0.25, -0.2) is 4.68 Å². The van der Waals surface area contributed by atoms with Crippen molar-refractivity contribution < 1.29 is 5.21 Å². The molecule has 0 saturated heterocycles. The van der Waals surface area contributed by atoms with E-state index in [-0.39, 0.29) is 11.3 Å². The fraction of sp³-hybridized carbons (Fsp3) is 0.846. The van der Waals surface area contributed by atoms with Crippen LogP contribution >= 0.6 is 11.8 Å². The van der Waals surface area contributed by atoms with Gasteiger partial charge in [0.05, 0.1) is 6.04 Å². The van der Waals surface area contributed by atoms with Gasteiger partial charge in [-0.1, -0.05) is 43.6 Å². The molecule has 1 heterocycles. The molecule has 1 aliphatic rings. The second-order valence-electron chi connectivity index (χ2n) is 6.17. The van der Waals surface area contributed by atoms with Crippen molar-refractivity contribution in [3.63, 3.8) is 0 Å². The van der Waals surface area contributed by atoms with Gasteiger partial charge in [0, 0.05) is 11.2 Å². The Hall–Kier alpha value is -1.31. The lowest BCUT2D eigenvalue weighted by atomic mass is 9.87. The molecule has 0 atom stereocenters. The largest absolute Gasteiger partial charge is 0.409 e. The molecule has 0 aliphatic heterocycles. The molecule has 0 radical (unpaired) electrons. The Kier molecular flexibility index (Phi) is 5.44. The normalized spacial score (nSPS) is 17.5. The average molecular weight is 312 g/mol. The highest BCUT2D eigenvalue weighted by atomic mass is 32.2. The van der Waals surface area contributed by atoms with E-state index in [0.717, 1.165) is 23.8 Å². The average Bonchev–Trinajstić information content (AvgIpc) is 3.12. The molecule has 1 aromatic rings. The van der Waals surface area contributed by atoms with Crippen molar-refractivity contribution in [3.8, 4) is 0 Å². The zero-order valence-corrected chi connectivity index (χ0v) is 13.5. The van der Waals surface area contributed by atoms with Gasteiger partial charge in [0.1, 0.15) is 5.84 Å². The summed E-state index contributed by atoms with van der Waals surface area (Å²) in [6.07, 6.45) is 6.71. The maximum atomic E-state index is 8.76. The third-order valence-corrected chi connectivity index (χ3v) is 5.13. The molecule has 0 unspecified atom stereocenters. The predicted octanol–water partition coefficient (Wildman–Crippen LogP) is 2.43. The van der Waals surface area contributed by atoms with Crippen LogP contribution in [0.5, 0.6) is 0 Å². The lowest BCUT2D eigenvalue weighted by Gasteiger charge is -2.22. The van der Waals surface area contributed by atoms with Crippen LogP contribution in [0.1, 0.15) is 58.4 Å². The number of tetrazole rings is 1. The Morgan fingerprint density at radius 3 is 2.86 bits per heavy atom. The van der Waals surface area contributed by atoms with Crippen molar-refractivity contribution in [1.29, 1.82) is 0 Å². The third kappa shape index (κ3) is 4.09. The minimum absolute atomic E-state index is 0.281. The number of hydrogen-bond acceptors (Lipinski definition) is 6. The lowest BCUT2D eigenvalue weighted by molar-refractivity contribution is 0.305. The van der Waals surface area contributed by atoms with E-state index in [1.54, 1.807) is 11.8 Å². The molecule has 21 heavy (non-hydrogen) atoms. The van der Waals surface area contributed by atoms with Crippen LogP contribution < -0.4 is 5.73 Å². The summed E-state index contributed by atoms with van der Waals surface area (Å²) in [5.41, 5.74) is 5.41. The minimum atomic E-state index is -0.285. The van der Waals surface area contributed by atoms with Gasteiger partial charge in [0.2, 0.25) is 5.16 Å². The number of amidine groups is 1. The smallest absolute Gasteiger partial charge is 0.209 e. The third-order valence-electron chi connectivity index (χ3n) is 4.11. The molecule has 7 nitrogen and oxygen atoms in total. The van der Waals surface area contributed by atoms with Crippen molar-refractivity contribution in [2.45, 2.75) is 63.6 Å². The highest BCUT2D eigenvalue weighted by Gasteiger charge is 2.24. The zero-order chi connectivity index (χ0) is 15.3. The van der Waals surface area contributed by atoms with Gasteiger partial charge < -0.3 is 10.9 Å². The van der Waals surface area contributed by atoms with Crippen LogP contribution in [0.4, 0.5) is 0 Å². The molecular weight excluding hydrogens is 288 g/mol. The van der Waals surface area contributed by atoms with Crippen molar-refractivity contribution in [1.82, 2.24) is 20.2 Å². The van der Waals surface area contributed by atoms with Crippen molar-refractivity contribution in [2.24, 2.45) is 16.3 Å². The van der Waals surface area contributed by atoms with E-state index in [9.17, 15) is 0 Å². The molecule has 1 saturated carbocycles. The van der Waals surface area contributed by atoms with Gasteiger partial charge in [-0.2, -0.15) is 0 Å². The van der Waals surface area contributed by atoms with Gasteiger partial charge in [0.15, 0.2) is 0 Å². The van der Waals surface area contributed by atoms with E-state index in [1.807, 2.05) is 18.5 Å². The first-order chi connectivity index (χ1) is 10.0. The Labute approximate surface area is 129 Å². The number of oxime groups is 1. The lowest BCUT2D eigenvalue weighted by Crippen LogP contribution is -2.31. The molecule has 1 fully saturated rings. The van der Waals surface area contributed by atoms with Gasteiger partial charge in [-0.15, -0.1) is 5.10 Å². The number of nitrogens with zero attached hydrogens (tertiary/aromatic N) is 5. The summed E-state index contributed by atoms with van der Waals surface area (Å²) in [7, 11) is 0. The number of nitrogens with two attached hydrogens (primary N) is 1. The van der Waals surface area contributed by atoms with Crippen LogP contribution in [0.15, 0.2) is 10.3 Å². The summed E-state index contributed by atoms with van der Waals surface area (Å²) >= 11 is 1.68. The number of rotatable bonds is 7. The van der Waals surface area contributed by atoms with Crippen LogP contribution in [0.2, 0.25) is 0 Å². The second kappa shape index (κ2) is 7.11. The molecule has 3 N–H and O–H groups in total. The number of aromatic nitrogens is 4. The van der Waals surface area contributed by atoms with Crippen LogP contribution in [-0.2, 0) is 0 Å². The van der Waals surface area contributed by atoms with Crippen molar-refractivity contribution in [3.05, 3.63) is 0 Å². The Morgan fingerprint density at radius 2 is 2.19 bits per heavy atom. The van der Waals surface area contributed by atoms with E-state index >= 15 is 0 Å². The van der Waals surface area contributed by atoms with E-state index < -0.39 is 0 Å². The summed E-state index contributed by atoms with van der Waals surface area (Å²) < 4.78 is 1.98. The fourth-order valence-electron chi connectivity index (χ4n) is 2.60. The molecular formula is C13H24N6OS. The summed E-state index contributed by atoms with van der Waals surface area (Å²) in [6.45, 7) is 3.96. The molecule has 2 rings (SSSR count). The molecule has 0 amide bonds. The Bertz CT molecular complexity index is 481. The Morgan fingerprint density at radius 1 is 1.48 bits per heavy atom. The van der Waals surface area contributed by atoms with Gasteiger partial charge in [-0.3, -0.25) is 0 Å². The second-order valence-corrected chi connectivity index (χ2v) is 7.23. The number of hydrogen-bond donors (Lipinski definition) is 2. The zero-order valence-electron chi connectivity index (χ0n) is 12.7. The molecule has 118 valence electrons. The maximum Gasteiger partial charge on any atom is 0.209 e. The minimum Gasteiger partial charge on any atom is -0.409 e. The summed E-state index contributed by atoms with van der Waals surface area (Å²) in [6, 6.07) is 0.469. The first-order valence-corrected chi connectivity index (χ1v) is 8.42. The van der Waals surface area contributed by atoms with E-state index in [1.165, 1.54) is 25.7 Å². The standard InChI is InChI=1S/C13H24N6OS/c1-13(2,11(14)16-20)8-5-9-21-12-15-17-18-19(12)10-6-3-4-7-10/h10,20H,3-9H2,1-2H3,(H2,14,16). The monoisotopic (exact) mass is 312 g/mol. The predicted molar refractivity (Wildman–Crippen MR) is 82.5 cm³/mol. The Balaban J connectivity index is 1.80. The van der Waals surface area contributed by atoms with E-state index in [2.05, 4.69) is 20.7 Å². The molecule has 8 heteroatoms. The molecule has 0 aromatic carbocycles. The van der Waals surface area contributed by atoms with Crippen LogP contribution in [0, 0.1) is 5.41 Å². The SMILES string of the molecule is CC(C)(CCCSc1nnnn1C1CCCC1)C(N)=NO. The summed E-state index contributed by atoms with van der Waals surface area (Å²) in [5, 5.41) is 24.8. The first kappa shape index (κ1) is 16.1. The highest BCUT2D eigenvalue weighted by molar-refractivity contribution is 7.99. The van der Waals surface area contributed by atoms with Crippen molar-refractivity contribution in [2.75, 3.05) is 5.75 Å². The van der Waals surface area contributed by atoms with Gasteiger partial charge in [-0.05, 0) is 36.1 Å².